The van der Waals surface area contributed by atoms with Crippen molar-refractivity contribution in [3.05, 3.63) is 58.0 Å². The van der Waals surface area contributed by atoms with Gasteiger partial charge < -0.3 is 5.32 Å². The molecule has 1 amide bonds. The largest absolute Gasteiger partial charge is 0.320 e. The fourth-order valence-electron chi connectivity index (χ4n) is 1.53. The molecule has 21 heavy (non-hydrogen) atoms. The summed E-state index contributed by atoms with van der Waals surface area (Å²) in [5, 5.41) is 2.58. The van der Waals surface area contributed by atoms with E-state index in [4.69, 9.17) is 0 Å². The van der Waals surface area contributed by atoms with Crippen LogP contribution >= 0.6 is 67.8 Å². The van der Waals surface area contributed by atoms with Crippen molar-refractivity contribution in [2.45, 2.75) is 0 Å². The Kier molecular flexibility index (Phi) is 5.73. The molecule has 2 aromatic rings. The van der Waals surface area contributed by atoms with Gasteiger partial charge in [-0.1, -0.05) is 0 Å². The van der Waals surface area contributed by atoms with Gasteiger partial charge >= 0.3 is 0 Å². The minimum Gasteiger partial charge on any atom is -0.320 e. The van der Waals surface area contributed by atoms with Crippen LogP contribution in [0.5, 0.6) is 0 Å². The minimum atomic E-state index is -1.59. The lowest BCUT2D eigenvalue weighted by Crippen LogP contribution is -2.15. The van der Waals surface area contributed by atoms with E-state index in [0.29, 0.717) is 17.8 Å². The van der Waals surface area contributed by atoms with Crippen LogP contribution < -0.4 is 5.32 Å². The van der Waals surface area contributed by atoms with E-state index in [0.717, 1.165) is 10.7 Å². The Morgan fingerprint density at radius 2 is 1.38 bits per heavy atom. The second-order valence-corrected chi connectivity index (χ2v) is 7.52. The summed E-state index contributed by atoms with van der Waals surface area (Å²) in [6.07, 6.45) is 0. The van der Waals surface area contributed by atoms with Crippen molar-refractivity contribution in [2.24, 2.45) is 0 Å². The van der Waals surface area contributed by atoms with Gasteiger partial charge in [0.15, 0.2) is 17.5 Å². The lowest BCUT2D eigenvalue weighted by atomic mass is 10.2. The zero-order valence-corrected chi connectivity index (χ0v) is 16.5. The van der Waals surface area contributed by atoms with Crippen LogP contribution in [0.25, 0.3) is 0 Å². The zero-order valence-electron chi connectivity index (χ0n) is 9.99. The quantitative estimate of drug-likeness (QED) is 0.361. The second kappa shape index (κ2) is 6.98. The number of nitrogens with one attached hydrogen (secondary N) is 1. The molecule has 0 atom stereocenters. The minimum absolute atomic E-state index is 0.281. The summed E-state index contributed by atoms with van der Waals surface area (Å²) < 4.78 is 41.8. The topological polar surface area (TPSA) is 29.1 Å². The van der Waals surface area contributed by atoms with Crippen LogP contribution in [0.3, 0.4) is 0 Å². The Hall–Kier alpha value is -0.110. The number of anilines is 1. The van der Waals surface area contributed by atoms with E-state index in [1.165, 1.54) is 0 Å². The van der Waals surface area contributed by atoms with E-state index in [2.05, 4.69) is 73.1 Å². The smallest absolute Gasteiger partial charge is 0.255 e. The van der Waals surface area contributed by atoms with E-state index in [9.17, 15) is 18.0 Å². The Morgan fingerprint density at radius 1 is 0.905 bits per heavy atom. The van der Waals surface area contributed by atoms with E-state index < -0.39 is 23.4 Å². The molecule has 0 unspecified atom stereocenters. The maximum Gasteiger partial charge on any atom is 0.255 e. The number of carbonyl (C=O) groups excluding carboxylic acids is 1. The van der Waals surface area contributed by atoms with Crippen LogP contribution in [0, 0.1) is 28.2 Å². The average Bonchev–Trinajstić information content (AvgIpc) is 2.39. The van der Waals surface area contributed by atoms with Crippen molar-refractivity contribution < 1.29 is 18.0 Å². The van der Waals surface area contributed by atoms with Gasteiger partial charge in [0.25, 0.3) is 5.91 Å². The van der Waals surface area contributed by atoms with Crippen molar-refractivity contribution in [1.29, 1.82) is 0 Å². The van der Waals surface area contributed by atoms with Gasteiger partial charge in [-0.15, -0.1) is 0 Å². The molecule has 0 spiro atoms. The van der Waals surface area contributed by atoms with Gasteiger partial charge in [-0.2, -0.15) is 0 Å². The maximum atomic E-state index is 13.2. The molecule has 110 valence electrons. The fraction of sp³-hybridized carbons (Fsp3) is 0. The van der Waals surface area contributed by atoms with Crippen LogP contribution in [0.1, 0.15) is 10.4 Å². The summed E-state index contributed by atoms with van der Waals surface area (Å²) in [6.45, 7) is 0. The lowest BCUT2D eigenvalue weighted by molar-refractivity contribution is 0.102. The second-order valence-electron chi connectivity index (χ2n) is 3.95. The zero-order chi connectivity index (χ0) is 15.7. The molecular weight excluding hydrogens is 624 g/mol. The Labute approximate surface area is 159 Å². The Morgan fingerprint density at radius 3 is 1.86 bits per heavy atom. The van der Waals surface area contributed by atoms with Gasteiger partial charge in [0.05, 0.1) is 5.69 Å². The first-order valence-corrected chi connectivity index (χ1v) is 8.63. The van der Waals surface area contributed by atoms with Crippen LogP contribution in [0.15, 0.2) is 24.3 Å². The van der Waals surface area contributed by atoms with Gasteiger partial charge in [0.1, 0.15) is 0 Å². The highest BCUT2D eigenvalue weighted by atomic mass is 127. The normalized spacial score (nSPS) is 10.6. The van der Waals surface area contributed by atoms with Crippen LogP contribution in [-0.2, 0) is 0 Å². The van der Waals surface area contributed by atoms with Gasteiger partial charge in [0, 0.05) is 16.3 Å². The van der Waals surface area contributed by atoms with Crippen molar-refractivity contribution in [1.82, 2.24) is 0 Å². The molecule has 0 aliphatic heterocycles. The van der Waals surface area contributed by atoms with Crippen molar-refractivity contribution in [2.75, 3.05) is 5.32 Å². The van der Waals surface area contributed by atoms with Crippen molar-refractivity contribution in [3.8, 4) is 0 Å². The number of hydrogen-bond donors (Lipinski definition) is 1. The first-order valence-electron chi connectivity index (χ1n) is 5.40. The highest BCUT2D eigenvalue weighted by molar-refractivity contribution is 14.1. The summed E-state index contributed by atoms with van der Waals surface area (Å²) in [5.74, 6) is -5.09. The number of halogens is 6. The predicted molar refractivity (Wildman–Crippen MR) is 98.9 cm³/mol. The third kappa shape index (κ3) is 4.00. The number of benzene rings is 2. The van der Waals surface area contributed by atoms with Crippen LogP contribution in [0.2, 0.25) is 0 Å². The van der Waals surface area contributed by atoms with Crippen LogP contribution in [-0.4, -0.2) is 5.91 Å². The number of rotatable bonds is 2. The standard InChI is InChI=1S/C13H5F3I3NO/c14-7-1-5(2-8(15)11(7)16)13(21)20-12-9(18)3-6(17)4-10(12)19/h1-4H,(H,20,21). The third-order valence-electron chi connectivity index (χ3n) is 2.49. The Bertz CT molecular complexity index is 691. The van der Waals surface area contributed by atoms with Crippen molar-refractivity contribution >= 4 is 79.4 Å². The maximum absolute atomic E-state index is 13.2. The molecule has 0 aliphatic rings. The molecule has 2 aromatic carbocycles. The molecule has 1 N–H and O–H groups in total. The van der Waals surface area contributed by atoms with Crippen LogP contribution in [0.4, 0.5) is 18.9 Å². The molecule has 8 heteroatoms. The fourth-order valence-corrected chi connectivity index (χ4v) is 5.39. The molecular formula is C13H5F3I3NO. The molecule has 2 rings (SSSR count). The van der Waals surface area contributed by atoms with E-state index in [-0.39, 0.29) is 5.56 Å². The van der Waals surface area contributed by atoms with E-state index in [1.807, 2.05) is 12.1 Å². The first kappa shape index (κ1) is 17.2. The summed E-state index contributed by atoms with van der Waals surface area (Å²) in [7, 11) is 0. The van der Waals surface area contributed by atoms with E-state index in [1.54, 1.807) is 0 Å². The monoisotopic (exact) mass is 629 g/mol. The molecule has 2 nitrogen and oxygen atoms in total. The van der Waals surface area contributed by atoms with E-state index >= 15 is 0 Å². The summed E-state index contributed by atoms with van der Waals surface area (Å²) in [5.41, 5.74) is 0.267. The SMILES string of the molecule is O=C(Nc1c(I)cc(I)cc1I)c1cc(F)c(F)c(F)c1. The molecule has 0 bridgehead atoms. The first-order chi connectivity index (χ1) is 9.79. The summed E-state index contributed by atoms with van der Waals surface area (Å²) in [4.78, 5) is 12.0. The Balaban J connectivity index is 2.35. The molecule has 0 saturated carbocycles. The average molecular weight is 629 g/mol. The number of hydrogen-bond acceptors (Lipinski definition) is 1. The molecule has 0 saturated heterocycles. The van der Waals surface area contributed by atoms with Gasteiger partial charge in [-0.05, 0) is 92.0 Å². The third-order valence-corrected chi connectivity index (χ3v) is 4.82. The molecule has 0 aromatic heterocycles. The highest BCUT2D eigenvalue weighted by Crippen LogP contribution is 2.28. The highest BCUT2D eigenvalue weighted by Gasteiger charge is 2.17. The number of amides is 1. The number of carbonyl (C=O) groups is 1. The molecule has 0 fully saturated rings. The summed E-state index contributed by atoms with van der Waals surface area (Å²) in [6, 6.07) is 5.04. The van der Waals surface area contributed by atoms with Gasteiger partial charge in [-0.25, -0.2) is 13.2 Å². The predicted octanol–water partition coefficient (Wildman–Crippen LogP) is 5.17. The van der Waals surface area contributed by atoms with Gasteiger partial charge in [-0.3, -0.25) is 4.79 Å². The molecule has 0 aliphatic carbocycles. The lowest BCUT2D eigenvalue weighted by Gasteiger charge is -2.11. The molecule has 0 radical (unpaired) electrons. The van der Waals surface area contributed by atoms with Gasteiger partial charge in [0.2, 0.25) is 0 Å². The van der Waals surface area contributed by atoms with Crippen molar-refractivity contribution in [3.63, 3.8) is 0 Å². The molecule has 0 heterocycles. The summed E-state index contributed by atoms with van der Waals surface area (Å²) >= 11 is 6.24.